The van der Waals surface area contributed by atoms with Crippen LogP contribution in [0.15, 0.2) is 97.1 Å². The Balaban J connectivity index is 1.59. The predicted octanol–water partition coefficient (Wildman–Crippen LogP) is 7.31. The molecule has 0 saturated heterocycles. The Labute approximate surface area is 206 Å². The van der Waals surface area contributed by atoms with Crippen molar-refractivity contribution in [3.05, 3.63) is 118 Å². The van der Waals surface area contributed by atoms with Crippen LogP contribution in [0, 0.1) is 0 Å². The first-order valence-electron chi connectivity index (χ1n) is 11.3. The molecule has 0 bridgehead atoms. The summed E-state index contributed by atoms with van der Waals surface area (Å²) >= 11 is 6.07. The number of fused-ring (bicyclic) bond motifs is 6. The van der Waals surface area contributed by atoms with Crippen LogP contribution in [0.4, 0.5) is 0 Å². The van der Waals surface area contributed by atoms with Crippen molar-refractivity contribution in [1.29, 1.82) is 0 Å². The molecule has 3 aromatic carbocycles. The van der Waals surface area contributed by atoms with Crippen molar-refractivity contribution in [3.8, 4) is 0 Å². The number of hydrogen-bond acceptors (Lipinski definition) is 3. The van der Waals surface area contributed by atoms with Crippen LogP contribution < -0.4 is 9.75 Å². The molecule has 160 valence electrons. The van der Waals surface area contributed by atoms with Crippen molar-refractivity contribution in [2.24, 2.45) is 0 Å². The highest BCUT2D eigenvalue weighted by Gasteiger charge is 2.57. The lowest BCUT2D eigenvalue weighted by Crippen LogP contribution is -2.52. The highest BCUT2D eigenvalue weighted by Crippen LogP contribution is 2.67. The van der Waals surface area contributed by atoms with Gasteiger partial charge < -0.3 is 0 Å². The van der Waals surface area contributed by atoms with E-state index in [0.29, 0.717) is 0 Å². The van der Waals surface area contributed by atoms with E-state index in [1.165, 1.54) is 51.9 Å². The van der Waals surface area contributed by atoms with Gasteiger partial charge in [0.1, 0.15) is 0 Å². The van der Waals surface area contributed by atoms with E-state index in [9.17, 15) is 0 Å². The number of thioether (sulfide) groups is 2. The Bertz CT molecular complexity index is 1620. The number of hydrogen-bond donors (Lipinski definition) is 0. The zero-order valence-electron chi connectivity index (χ0n) is 18.5. The minimum atomic E-state index is -0.0535. The second-order valence-electron chi connectivity index (χ2n) is 9.15. The lowest BCUT2D eigenvalue weighted by molar-refractivity contribution is 0.692. The molecule has 0 nitrogen and oxygen atoms in total. The van der Waals surface area contributed by atoms with Gasteiger partial charge in [0.15, 0.2) is 0 Å². The fourth-order valence-electron chi connectivity index (χ4n) is 5.44. The summed E-state index contributed by atoms with van der Waals surface area (Å²) in [5.41, 5.74) is 5.61. The molecule has 0 N–H and O–H groups in total. The SMILES string of the molecule is C[C@]12SC(c3ccccc3)=CC1=c1sc3ccccc3c1=C1C=C(c3ccccc3)S[C@@]12C. The Morgan fingerprint density at radius 1 is 0.576 bits per heavy atom. The van der Waals surface area contributed by atoms with E-state index in [0.717, 1.165) is 0 Å². The molecule has 1 aliphatic carbocycles. The molecular formula is C30H22S3. The topological polar surface area (TPSA) is 0 Å². The van der Waals surface area contributed by atoms with Crippen LogP contribution >= 0.6 is 34.9 Å². The molecule has 0 amide bonds. The molecule has 3 heterocycles. The van der Waals surface area contributed by atoms with Crippen molar-refractivity contribution in [1.82, 2.24) is 0 Å². The highest BCUT2D eigenvalue weighted by molar-refractivity contribution is 8.14. The van der Waals surface area contributed by atoms with Gasteiger partial charge in [0.25, 0.3) is 0 Å². The first-order valence-corrected chi connectivity index (χ1v) is 13.7. The standard InChI is InChI=1S/C30H22S3/c1-29-22(17-25(32-29)19-11-5-3-6-12-19)27-21-15-9-10-16-24(21)31-28(27)23-18-26(33-30(23,29)2)20-13-7-4-8-14-20/h3-18H,1-2H3/t29-,30-/m0/s1. The van der Waals surface area contributed by atoms with Crippen LogP contribution in [0.5, 0.6) is 0 Å². The number of benzene rings is 3. The van der Waals surface area contributed by atoms with Crippen LogP contribution in [0.25, 0.3) is 31.0 Å². The van der Waals surface area contributed by atoms with Crippen molar-refractivity contribution in [2.75, 3.05) is 0 Å². The number of allylic oxidation sites excluding steroid dienone is 2. The predicted molar refractivity (Wildman–Crippen MR) is 149 cm³/mol. The van der Waals surface area contributed by atoms with Gasteiger partial charge in [-0.15, -0.1) is 34.9 Å². The minimum Gasteiger partial charge on any atom is -0.135 e. The van der Waals surface area contributed by atoms with Crippen LogP contribution in [-0.4, -0.2) is 9.49 Å². The molecule has 0 unspecified atom stereocenters. The summed E-state index contributed by atoms with van der Waals surface area (Å²) in [6, 6.07) is 30.7. The fourth-order valence-corrected chi connectivity index (χ4v) is 9.99. The van der Waals surface area contributed by atoms with E-state index in [2.05, 4.69) is 134 Å². The Hall–Kier alpha value is -2.46. The molecule has 2 atom stereocenters. The van der Waals surface area contributed by atoms with Gasteiger partial charge in [-0.1, -0.05) is 78.9 Å². The normalized spacial score (nSPS) is 25.5. The third-order valence-corrected chi connectivity index (χ3v) is 11.9. The first-order chi connectivity index (χ1) is 16.1. The molecule has 33 heavy (non-hydrogen) atoms. The van der Waals surface area contributed by atoms with Gasteiger partial charge in [-0.25, -0.2) is 0 Å². The fraction of sp³-hybridized carbons (Fsp3) is 0.133. The number of rotatable bonds is 2. The molecule has 2 aliphatic heterocycles. The average molecular weight is 479 g/mol. The lowest BCUT2D eigenvalue weighted by atomic mass is 9.77. The Morgan fingerprint density at radius 3 is 1.73 bits per heavy atom. The quantitative estimate of drug-likeness (QED) is 0.296. The second-order valence-corrected chi connectivity index (χ2v) is 13.1. The van der Waals surface area contributed by atoms with Gasteiger partial charge >= 0.3 is 0 Å². The monoisotopic (exact) mass is 478 g/mol. The lowest BCUT2D eigenvalue weighted by Gasteiger charge is -2.44. The van der Waals surface area contributed by atoms with E-state index in [4.69, 9.17) is 0 Å². The molecule has 3 aliphatic rings. The molecule has 0 fully saturated rings. The highest BCUT2D eigenvalue weighted by atomic mass is 32.2. The van der Waals surface area contributed by atoms with Gasteiger partial charge in [-0.05, 0) is 54.3 Å². The van der Waals surface area contributed by atoms with E-state index >= 15 is 0 Å². The summed E-state index contributed by atoms with van der Waals surface area (Å²) in [7, 11) is 0. The molecule has 3 heteroatoms. The third-order valence-electron chi connectivity index (χ3n) is 7.34. The van der Waals surface area contributed by atoms with Crippen LogP contribution in [0.1, 0.15) is 25.0 Å². The molecular weight excluding hydrogens is 457 g/mol. The zero-order valence-corrected chi connectivity index (χ0v) is 20.9. The molecule has 0 saturated carbocycles. The number of thiophene rings is 1. The van der Waals surface area contributed by atoms with Gasteiger partial charge in [0.2, 0.25) is 0 Å². The van der Waals surface area contributed by atoms with Gasteiger partial charge in [-0.2, -0.15) is 0 Å². The summed E-state index contributed by atoms with van der Waals surface area (Å²) in [5.74, 6) is 0. The van der Waals surface area contributed by atoms with Crippen LogP contribution in [0.3, 0.4) is 0 Å². The van der Waals surface area contributed by atoms with Crippen LogP contribution in [0.2, 0.25) is 0 Å². The first kappa shape index (κ1) is 20.0. The summed E-state index contributed by atoms with van der Waals surface area (Å²) in [6.07, 6.45) is 4.97. The molecule has 0 spiro atoms. The summed E-state index contributed by atoms with van der Waals surface area (Å²) in [4.78, 5) is 2.76. The molecule has 4 aromatic rings. The zero-order chi connectivity index (χ0) is 22.2. The summed E-state index contributed by atoms with van der Waals surface area (Å²) < 4.78 is 2.74. The van der Waals surface area contributed by atoms with Crippen molar-refractivity contribution in [3.63, 3.8) is 0 Å². The third kappa shape index (κ3) is 2.67. The average Bonchev–Trinajstić information content (AvgIpc) is 3.52. The van der Waals surface area contributed by atoms with Gasteiger partial charge in [0.05, 0.1) is 9.49 Å². The molecule has 0 radical (unpaired) electrons. The minimum absolute atomic E-state index is 0.0426. The van der Waals surface area contributed by atoms with Gasteiger partial charge in [-0.3, -0.25) is 0 Å². The van der Waals surface area contributed by atoms with Gasteiger partial charge in [0, 0.05) is 29.6 Å². The Morgan fingerprint density at radius 2 is 1.09 bits per heavy atom. The summed E-state index contributed by atoms with van der Waals surface area (Å²) in [6.45, 7) is 4.95. The molecule has 7 rings (SSSR count). The van der Waals surface area contributed by atoms with Crippen molar-refractivity contribution in [2.45, 2.75) is 23.3 Å². The molecule has 1 aromatic heterocycles. The second kappa shape index (κ2) is 7.02. The van der Waals surface area contributed by atoms with E-state index in [1.54, 1.807) is 0 Å². The van der Waals surface area contributed by atoms with E-state index in [-0.39, 0.29) is 9.49 Å². The summed E-state index contributed by atoms with van der Waals surface area (Å²) in [5, 5.41) is 2.85. The van der Waals surface area contributed by atoms with E-state index < -0.39 is 0 Å². The maximum atomic E-state index is 2.49. The maximum Gasteiger partial charge on any atom is 0.0630 e. The van der Waals surface area contributed by atoms with E-state index in [1.807, 2.05) is 11.3 Å². The smallest absolute Gasteiger partial charge is 0.0630 e. The van der Waals surface area contributed by atoms with Crippen molar-refractivity contribution < 1.29 is 0 Å². The Kier molecular flexibility index (Phi) is 4.25. The van der Waals surface area contributed by atoms with Crippen LogP contribution in [-0.2, 0) is 0 Å². The van der Waals surface area contributed by atoms with Crippen molar-refractivity contribution >= 4 is 65.9 Å². The maximum absolute atomic E-state index is 2.49. The largest absolute Gasteiger partial charge is 0.135 e.